The Morgan fingerprint density at radius 2 is 1.45 bits per heavy atom. The summed E-state index contributed by atoms with van der Waals surface area (Å²) in [6, 6.07) is 26.4. The molecular weight excluding hydrogens is 404 g/mol. The summed E-state index contributed by atoms with van der Waals surface area (Å²) < 4.78 is 0. The molecule has 6 heteroatoms. The maximum Gasteiger partial charge on any atom is 0.237 e. The number of hydrogen-bond donors (Lipinski definition) is 1. The Balaban J connectivity index is 1.56. The molecule has 3 rings (SSSR count). The van der Waals surface area contributed by atoms with Gasteiger partial charge in [-0.3, -0.25) is 9.59 Å². The number of para-hydroxylation sites is 1. The lowest BCUT2D eigenvalue weighted by atomic mass is 10.2. The summed E-state index contributed by atoms with van der Waals surface area (Å²) in [7, 11) is 0. The second-order valence-corrected chi connectivity index (χ2v) is 7.77. The number of hydrogen-bond acceptors (Lipinski definition) is 3. The van der Waals surface area contributed by atoms with E-state index in [1.807, 2.05) is 60.7 Å². The van der Waals surface area contributed by atoms with Gasteiger partial charge in [0.05, 0.1) is 18.1 Å². The molecule has 29 heavy (non-hydrogen) atoms. The van der Waals surface area contributed by atoms with E-state index in [-0.39, 0.29) is 23.3 Å². The van der Waals surface area contributed by atoms with E-state index in [0.29, 0.717) is 17.3 Å². The fourth-order valence-corrected chi connectivity index (χ4v) is 3.55. The third-order valence-corrected chi connectivity index (χ3v) is 5.31. The van der Waals surface area contributed by atoms with Crippen LogP contribution in [0.2, 0.25) is 5.02 Å². The fourth-order valence-electron chi connectivity index (χ4n) is 2.74. The highest BCUT2D eigenvalue weighted by Gasteiger charge is 2.16. The second kappa shape index (κ2) is 10.7. The van der Waals surface area contributed by atoms with Gasteiger partial charge in [-0.05, 0) is 42.0 Å². The van der Waals surface area contributed by atoms with E-state index in [4.69, 9.17) is 11.6 Å². The number of carbonyl (C=O) groups excluding carboxylic acids is 2. The molecular formula is C23H21ClN2O2S. The predicted octanol–water partition coefficient (Wildman–Crippen LogP) is 5.25. The first-order valence-corrected chi connectivity index (χ1v) is 10.7. The largest absolute Gasteiger partial charge is 0.325 e. The minimum Gasteiger partial charge on any atom is -0.325 e. The Kier molecular flexibility index (Phi) is 7.73. The molecule has 0 atom stereocenters. The third kappa shape index (κ3) is 6.66. The maximum absolute atomic E-state index is 12.9. The van der Waals surface area contributed by atoms with E-state index in [2.05, 4.69) is 5.32 Å². The van der Waals surface area contributed by atoms with Crippen LogP contribution in [-0.2, 0) is 16.1 Å². The molecule has 3 aromatic rings. The van der Waals surface area contributed by atoms with Crippen molar-refractivity contribution >= 4 is 46.6 Å². The van der Waals surface area contributed by atoms with Crippen molar-refractivity contribution in [2.75, 3.05) is 21.7 Å². The summed E-state index contributed by atoms with van der Waals surface area (Å²) in [6.07, 6.45) is 0. The molecule has 0 fully saturated rings. The van der Waals surface area contributed by atoms with E-state index in [9.17, 15) is 9.59 Å². The van der Waals surface area contributed by atoms with Gasteiger partial charge < -0.3 is 10.2 Å². The Bertz CT molecular complexity index is 934. The van der Waals surface area contributed by atoms with Gasteiger partial charge in [-0.25, -0.2) is 0 Å². The van der Waals surface area contributed by atoms with Crippen LogP contribution in [-0.4, -0.2) is 23.3 Å². The monoisotopic (exact) mass is 424 g/mol. The topological polar surface area (TPSA) is 49.4 Å². The molecule has 3 aromatic carbocycles. The van der Waals surface area contributed by atoms with Crippen molar-refractivity contribution in [1.29, 1.82) is 0 Å². The molecule has 4 nitrogen and oxygen atoms in total. The van der Waals surface area contributed by atoms with Gasteiger partial charge in [-0.2, -0.15) is 0 Å². The van der Waals surface area contributed by atoms with Crippen molar-refractivity contribution in [2.45, 2.75) is 6.54 Å². The smallest absolute Gasteiger partial charge is 0.237 e. The minimum absolute atomic E-state index is 0.0376. The van der Waals surface area contributed by atoms with Crippen LogP contribution in [0.5, 0.6) is 0 Å². The van der Waals surface area contributed by atoms with E-state index in [1.165, 1.54) is 11.8 Å². The summed E-state index contributed by atoms with van der Waals surface area (Å²) in [6.45, 7) is 0.487. The lowest BCUT2D eigenvalue weighted by Gasteiger charge is -2.23. The molecule has 0 aliphatic carbocycles. The molecule has 0 saturated heterocycles. The average molecular weight is 425 g/mol. The van der Waals surface area contributed by atoms with Crippen molar-refractivity contribution in [1.82, 2.24) is 0 Å². The van der Waals surface area contributed by atoms with Crippen LogP contribution in [0.4, 0.5) is 11.4 Å². The van der Waals surface area contributed by atoms with E-state index >= 15 is 0 Å². The van der Waals surface area contributed by atoms with Crippen molar-refractivity contribution in [2.24, 2.45) is 0 Å². The van der Waals surface area contributed by atoms with Gasteiger partial charge in [0.1, 0.15) is 0 Å². The highest BCUT2D eigenvalue weighted by Crippen LogP contribution is 2.19. The van der Waals surface area contributed by atoms with Crippen LogP contribution in [0.3, 0.4) is 0 Å². The Morgan fingerprint density at radius 1 is 0.828 bits per heavy atom. The quantitative estimate of drug-likeness (QED) is 0.537. The molecule has 2 amide bonds. The number of anilines is 2. The van der Waals surface area contributed by atoms with E-state index < -0.39 is 0 Å². The molecule has 0 heterocycles. The standard InChI is InChI=1S/C23H21ClN2O2S/c24-19-11-13-20(14-12-19)25-22(27)16-29-17-23(28)26(21-9-5-2-6-10-21)15-18-7-3-1-4-8-18/h1-14H,15-17H2,(H,25,27). The summed E-state index contributed by atoms with van der Waals surface area (Å²) in [5.74, 6) is 0.224. The van der Waals surface area contributed by atoms with Gasteiger partial charge in [0.2, 0.25) is 11.8 Å². The summed E-state index contributed by atoms with van der Waals surface area (Å²) in [5.41, 5.74) is 2.57. The Hall–Kier alpha value is -2.76. The number of nitrogens with zero attached hydrogens (tertiary/aromatic N) is 1. The van der Waals surface area contributed by atoms with Gasteiger partial charge in [0, 0.05) is 16.4 Å². The molecule has 0 aliphatic heterocycles. The van der Waals surface area contributed by atoms with Gasteiger partial charge in [0.15, 0.2) is 0 Å². The SMILES string of the molecule is O=C(CSCC(=O)N(Cc1ccccc1)c1ccccc1)Nc1ccc(Cl)cc1. The molecule has 0 radical (unpaired) electrons. The summed E-state index contributed by atoms with van der Waals surface area (Å²) in [5, 5.41) is 3.41. The fraction of sp³-hybridized carbons (Fsp3) is 0.130. The van der Waals surface area contributed by atoms with Gasteiger partial charge >= 0.3 is 0 Å². The van der Waals surface area contributed by atoms with Crippen LogP contribution >= 0.6 is 23.4 Å². The third-order valence-electron chi connectivity index (χ3n) is 4.14. The summed E-state index contributed by atoms with van der Waals surface area (Å²) >= 11 is 7.14. The Labute approximate surface area is 179 Å². The van der Waals surface area contributed by atoms with Crippen LogP contribution in [0.15, 0.2) is 84.9 Å². The second-order valence-electron chi connectivity index (χ2n) is 6.35. The predicted molar refractivity (Wildman–Crippen MR) is 121 cm³/mol. The van der Waals surface area contributed by atoms with Crippen LogP contribution in [0.25, 0.3) is 0 Å². The van der Waals surface area contributed by atoms with Crippen LogP contribution in [0, 0.1) is 0 Å². The molecule has 0 unspecified atom stereocenters. The lowest BCUT2D eigenvalue weighted by Crippen LogP contribution is -2.32. The van der Waals surface area contributed by atoms with Gasteiger partial charge in [-0.15, -0.1) is 11.8 Å². The molecule has 0 aromatic heterocycles. The molecule has 148 valence electrons. The number of halogens is 1. The number of amides is 2. The molecule has 0 spiro atoms. The minimum atomic E-state index is -0.153. The zero-order valence-electron chi connectivity index (χ0n) is 15.8. The van der Waals surface area contributed by atoms with Crippen LogP contribution < -0.4 is 10.2 Å². The zero-order valence-corrected chi connectivity index (χ0v) is 17.3. The lowest BCUT2D eigenvalue weighted by molar-refractivity contribution is -0.116. The number of thioether (sulfide) groups is 1. The van der Waals surface area contributed by atoms with Crippen molar-refractivity contribution in [3.8, 4) is 0 Å². The molecule has 0 bridgehead atoms. The number of rotatable bonds is 8. The van der Waals surface area contributed by atoms with Gasteiger partial charge in [0.25, 0.3) is 0 Å². The van der Waals surface area contributed by atoms with E-state index in [0.717, 1.165) is 11.3 Å². The van der Waals surface area contributed by atoms with Crippen LogP contribution in [0.1, 0.15) is 5.56 Å². The molecule has 0 aliphatic rings. The maximum atomic E-state index is 12.9. The average Bonchev–Trinajstić information content (AvgIpc) is 2.75. The van der Waals surface area contributed by atoms with Crippen molar-refractivity contribution in [3.63, 3.8) is 0 Å². The molecule has 1 N–H and O–H groups in total. The molecule has 0 saturated carbocycles. The Morgan fingerprint density at radius 3 is 2.10 bits per heavy atom. The normalized spacial score (nSPS) is 10.4. The first-order chi connectivity index (χ1) is 14.1. The highest BCUT2D eigenvalue weighted by atomic mass is 35.5. The first kappa shape index (κ1) is 21.0. The van der Waals surface area contributed by atoms with Gasteiger partial charge in [-0.1, -0.05) is 60.1 Å². The highest BCUT2D eigenvalue weighted by molar-refractivity contribution is 8.00. The first-order valence-electron chi connectivity index (χ1n) is 9.14. The summed E-state index contributed by atoms with van der Waals surface area (Å²) in [4.78, 5) is 26.8. The number of carbonyl (C=O) groups is 2. The van der Waals surface area contributed by atoms with E-state index in [1.54, 1.807) is 29.2 Å². The number of benzene rings is 3. The van der Waals surface area contributed by atoms with Crippen molar-refractivity contribution < 1.29 is 9.59 Å². The zero-order chi connectivity index (χ0) is 20.5. The number of nitrogens with one attached hydrogen (secondary N) is 1. The van der Waals surface area contributed by atoms with Crippen molar-refractivity contribution in [3.05, 3.63) is 95.5 Å².